The van der Waals surface area contributed by atoms with Crippen LogP contribution in [0.5, 0.6) is 0 Å². The van der Waals surface area contributed by atoms with Gasteiger partial charge in [0.15, 0.2) is 10.8 Å². The van der Waals surface area contributed by atoms with Crippen molar-refractivity contribution in [2.45, 2.75) is 26.0 Å². The van der Waals surface area contributed by atoms with E-state index in [0.717, 1.165) is 31.5 Å². The number of halogens is 1. The summed E-state index contributed by atoms with van der Waals surface area (Å²) in [6, 6.07) is 10.2. The van der Waals surface area contributed by atoms with E-state index in [1.807, 2.05) is 22.8 Å². The highest BCUT2D eigenvalue weighted by molar-refractivity contribution is 6.33. The number of hydrogen-bond donors (Lipinski definition) is 1. The molecule has 2 heterocycles. The Morgan fingerprint density at radius 1 is 1.13 bits per heavy atom. The molecule has 120 valence electrons. The molecule has 0 radical (unpaired) electrons. The van der Waals surface area contributed by atoms with Gasteiger partial charge in [-0.25, -0.2) is 4.98 Å². The Balaban J connectivity index is 1.46. The van der Waals surface area contributed by atoms with Crippen molar-refractivity contribution in [2.75, 3.05) is 12.3 Å². The van der Waals surface area contributed by atoms with E-state index in [0.29, 0.717) is 17.4 Å². The molecule has 0 atom stereocenters. The van der Waals surface area contributed by atoms with E-state index in [-0.39, 0.29) is 5.95 Å². The maximum atomic E-state index is 6.12. The lowest BCUT2D eigenvalue weighted by Crippen LogP contribution is -2.02. The van der Waals surface area contributed by atoms with E-state index >= 15 is 0 Å². The normalized spacial score (nSPS) is 11.2. The first kappa shape index (κ1) is 15.7. The van der Waals surface area contributed by atoms with Gasteiger partial charge >= 0.3 is 0 Å². The predicted octanol–water partition coefficient (Wildman–Crippen LogP) is 3.06. The van der Waals surface area contributed by atoms with Crippen LogP contribution >= 0.6 is 11.6 Å². The van der Waals surface area contributed by atoms with Crippen molar-refractivity contribution in [2.24, 2.45) is 0 Å². The van der Waals surface area contributed by atoms with Gasteiger partial charge in [-0.3, -0.25) is 0 Å². The van der Waals surface area contributed by atoms with Crippen molar-refractivity contribution < 1.29 is 4.74 Å². The Morgan fingerprint density at radius 3 is 2.78 bits per heavy atom. The van der Waals surface area contributed by atoms with E-state index in [4.69, 9.17) is 22.1 Å². The molecule has 0 spiro atoms. The van der Waals surface area contributed by atoms with Crippen molar-refractivity contribution in [3.63, 3.8) is 0 Å². The third kappa shape index (κ3) is 3.97. The van der Waals surface area contributed by atoms with Gasteiger partial charge in [-0.2, -0.15) is 9.97 Å². The van der Waals surface area contributed by atoms with E-state index in [9.17, 15) is 0 Å². The summed E-state index contributed by atoms with van der Waals surface area (Å²) in [6.07, 6.45) is 3.64. The first-order valence-electron chi connectivity index (χ1n) is 7.49. The topological polar surface area (TPSA) is 78.8 Å². The predicted molar refractivity (Wildman–Crippen MR) is 90.1 cm³/mol. The van der Waals surface area contributed by atoms with Crippen molar-refractivity contribution in [3.8, 4) is 0 Å². The number of nitrogens with zero attached hydrogens (tertiary/aromatic N) is 4. The zero-order chi connectivity index (χ0) is 16.1. The monoisotopic (exact) mass is 331 g/mol. The highest BCUT2D eigenvalue weighted by Crippen LogP contribution is 2.20. The Labute approximate surface area is 139 Å². The number of hydrogen-bond acceptors (Lipinski definition) is 5. The van der Waals surface area contributed by atoms with E-state index < -0.39 is 0 Å². The van der Waals surface area contributed by atoms with Crippen LogP contribution in [0.4, 0.5) is 5.95 Å². The number of aromatic nitrogens is 4. The van der Waals surface area contributed by atoms with Crippen LogP contribution < -0.4 is 5.73 Å². The molecule has 0 aliphatic heterocycles. The molecule has 0 fully saturated rings. The highest BCUT2D eigenvalue weighted by atomic mass is 35.5. The van der Waals surface area contributed by atoms with Crippen molar-refractivity contribution in [3.05, 3.63) is 47.4 Å². The minimum atomic E-state index is 0.141. The number of imidazole rings is 1. The molecule has 0 aliphatic rings. The lowest BCUT2D eigenvalue weighted by Gasteiger charge is -2.06. The number of benzene rings is 1. The molecular formula is C16H18ClN5O. The number of fused-ring (bicyclic) bond motifs is 1. The van der Waals surface area contributed by atoms with Crippen LogP contribution in [0.15, 0.2) is 36.7 Å². The molecule has 0 saturated carbocycles. The number of anilines is 1. The molecule has 2 N–H and O–H groups in total. The minimum absolute atomic E-state index is 0.141. The van der Waals surface area contributed by atoms with Gasteiger partial charge in [0.05, 0.1) is 12.9 Å². The molecule has 0 saturated heterocycles. The standard InChI is InChI=1S/C16H18ClN5O/c17-14-13-15(21-16(18)20-14)19-11-22(13)8-4-5-9-23-10-12-6-2-1-3-7-12/h1-3,6-7,11H,4-5,8-10H2,(H2,18,20,21). The highest BCUT2D eigenvalue weighted by Gasteiger charge is 2.10. The minimum Gasteiger partial charge on any atom is -0.377 e. The molecule has 1 aromatic carbocycles. The Hall–Kier alpha value is -2.18. The number of nitrogen functional groups attached to an aromatic ring is 1. The summed E-state index contributed by atoms with van der Waals surface area (Å²) in [4.78, 5) is 12.3. The number of aryl methyl sites for hydroxylation is 1. The first-order chi connectivity index (χ1) is 11.2. The van der Waals surface area contributed by atoms with Crippen molar-refractivity contribution in [1.82, 2.24) is 19.5 Å². The zero-order valence-corrected chi connectivity index (χ0v) is 13.4. The summed E-state index contributed by atoms with van der Waals surface area (Å²) >= 11 is 6.12. The summed E-state index contributed by atoms with van der Waals surface area (Å²) in [5.74, 6) is 0.141. The van der Waals surface area contributed by atoms with E-state index in [2.05, 4.69) is 27.1 Å². The van der Waals surface area contributed by atoms with Crippen LogP contribution in [-0.2, 0) is 17.9 Å². The second-order valence-corrected chi connectivity index (χ2v) is 5.59. The fourth-order valence-corrected chi connectivity index (χ4v) is 2.65. The summed E-state index contributed by atoms with van der Waals surface area (Å²) in [5.41, 5.74) is 8.01. The average Bonchev–Trinajstić information content (AvgIpc) is 2.95. The summed E-state index contributed by atoms with van der Waals surface area (Å²) in [7, 11) is 0. The van der Waals surface area contributed by atoms with Gasteiger partial charge in [-0.05, 0) is 18.4 Å². The average molecular weight is 332 g/mol. The molecule has 0 bridgehead atoms. The SMILES string of the molecule is Nc1nc(Cl)c2c(ncn2CCCCOCc2ccccc2)n1. The maximum Gasteiger partial charge on any atom is 0.223 e. The maximum absolute atomic E-state index is 6.12. The van der Waals surface area contributed by atoms with Crippen molar-refractivity contribution >= 4 is 28.7 Å². The molecule has 23 heavy (non-hydrogen) atoms. The third-order valence-corrected chi connectivity index (χ3v) is 3.76. The van der Waals surface area contributed by atoms with Gasteiger partial charge in [0, 0.05) is 13.2 Å². The lowest BCUT2D eigenvalue weighted by atomic mass is 10.2. The molecule has 7 heteroatoms. The number of rotatable bonds is 7. The fourth-order valence-electron chi connectivity index (χ4n) is 2.37. The molecule has 0 unspecified atom stereocenters. The smallest absolute Gasteiger partial charge is 0.223 e. The summed E-state index contributed by atoms with van der Waals surface area (Å²) < 4.78 is 7.63. The van der Waals surface area contributed by atoms with Gasteiger partial charge in [-0.1, -0.05) is 41.9 Å². The van der Waals surface area contributed by atoms with Crippen molar-refractivity contribution in [1.29, 1.82) is 0 Å². The molecule has 3 aromatic rings. The van der Waals surface area contributed by atoms with Crippen LogP contribution in [0.2, 0.25) is 5.15 Å². The Kier molecular flexibility index (Phi) is 5.05. The van der Waals surface area contributed by atoms with Gasteiger partial charge in [0.2, 0.25) is 5.95 Å². The van der Waals surface area contributed by atoms with E-state index in [1.54, 1.807) is 6.33 Å². The zero-order valence-electron chi connectivity index (χ0n) is 12.7. The third-order valence-electron chi connectivity index (χ3n) is 3.50. The van der Waals surface area contributed by atoms with Gasteiger partial charge < -0.3 is 15.0 Å². The second kappa shape index (κ2) is 7.39. The first-order valence-corrected chi connectivity index (χ1v) is 7.87. The number of unbranched alkanes of at least 4 members (excludes halogenated alkanes) is 1. The lowest BCUT2D eigenvalue weighted by molar-refractivity contribution is 0.116. The van der Waals surface area contributed by atoms with Crippen LogP contribution in [0.3, 0.4) is 0 Å². The molecule has 2 aromatic heterocycles. The Morgan fingerprint density at radius 2 is 1.96 bits per heavy atom. The summed E-state index contributed by atoms with van der Waals surface area (Å²) in [6.45, 7) is 2.16. The van der Waals surface area contributed by atoms with Crippen LogP contribution in [0.25, 0.3) is 11.2 Å². The molecular weight excluding hydrogens is 314 g/mol. The number of ether oxygens (including phenoxy) is 1. The Bertz CT molecular complexity index is 775. The van der Waals surface area contributed by atoms with Gasteiger partial charge in [-0.15, -0.1) is 0 Å². The molecule has 6 nitrogen and oxygen atoms in total. The van der Waals surface area contributed by atoms with Crippen LogP contribution in [-0.4, -0.2) is 26.1 Å². The molecule has 0 amide bonds. The molecule has 3 rings (SSSR count). The second-order valence-electron chi connectivity index (χ2n) is 5.23. The largest absolute Gasteiger partial charge is 0.377 e. The fraction of sp³-hybridized carbons (Fsp3) is 0.312. The summed E-state index contributed by atoms with van der Waals surface area (Å²) in [5, 5.41) is 0.338. The van der Waals surface area contributed by atoms with Gasteiger partial charge in [0.25, 0.3) is 0 Å². The van der Waals surface area contributed by atoms with E-state index in [1.165, 1.54) is 5.56 Å². The number of nitrogens with two attached hydrogens (primary N) is 1. The van der Waals surface area contributed by atoms with Gasteiger partial charge in [0.1, 0.15) is 5.52 Å². The van der Waals surface area contributed by atoms with Crippen LogP contribution in [0.1, 0.15) is 18.4 Å². The quantitative estimate of drug-likeness (QED) is 0.531. The van der Waals surface area contributed by atoms with Crippen LogP contribution in [0, 0.1) is 0 Å². The molecule has 0 aliphatic carbocycles.